The molecule has 0 radical (unpaired) electrons. The summed E-state index contributed by atoms with van der Waals surface area (Å²) in [5.41, 5.74) is 1.56. The lowest BCUT2D eigenvalue weighted by Crippen LogP contribution is -2.38. The molecule has 0 aromatic heterocycles. The summed E-state index contributed by atoms with van der Waals surface area (Å²) in [6.45, 7) is 10.5. The Morgan fingerprint density at radius 3 is 2.56 bits per heavy atom. The van der Waals surface area contributed by atoms with Gasteiger partial charge in [0, 0.05) is 11.4 Å². The highest BCUT2D eigenvalue weighted by molar-refractivity contribution is 6.30. The minimum Gasteiger partial charge on any atom is -0.460 e. The van der Waals surface area contributed by atoms with Gasteiger partial charge in [-0.2, -0.15) is 0 Å². The molecule has 1 saturated carbocycles. The van der Waals surface area contributed by atoms with E-state index in [0.29, 0.717) is 28.3 Å². The first-order valence-electron chi connectivity index (χ1n) is 9.10. The summed E-state index contributed by atoms with van der Waals surface area (Å²) in [5, 5.41) is 10.9. The average Bonchev–Trinajstić information content (AvgIpc) is 2.55. The largest absolute Gasteiger partial charge is 0.460 e. The second-order valence-electron chi connectivity index (χ2n) is 7.63. The summed E-state index contributed by atoms with van der Waals surface area (Å²) in [5.74, 6) is 0.840. The van der Waals surface area contributed by atoms with Gasteiger partial charge in [0.2, 0.25) is 0 Å². The van der Waals surface area contributed by atoms with Crippen LogP contribution in [0.15, 0.2) is 30.8 Å². The molecule has 25 heavy (non-hydrogen) atoms. The fourth-order valence-electron chi connectivity index (χ4n) is 3.60. The zero-order valence-electron chi connectivity index (χ0n) is 15.4. The van der Waals surface area contributed by atoms with Gasteiger partial charge in [-0.05, 0) is 53.9 Å². The van der Waals surface area contributed by atoms with Crippen LogP contribution in [0.5, 0.6) is 0 Å². The standard InChI is InChI=1S/C21H29ClO3/c1-13(2)18-10-5-14(3)11-20(18)25-21(24)19(23)12-15(4)16-6-8-17(22)9-7-16/h6-9,13-14,18-20,23H,4-5,10-12H2,1-3H3/t14-,18+,19-,20-/m1/s1. The van der Waals surface area contributed by atoms with Crippen molar-refractivity contribution in [2.24, 2.45) is 17.8 Å². The zero-order chi connectivity index (χ0) is 18.6. The van der Waals surface area contributed by atoms with E-state index in [1.54, 1.807) is 12.1 Å². The number of halogens is 1. The Bertz CT molecular complexity index is 594. The maximum Gasteiger partial charge on any atom is 0.335 e. The van der Waals surface area contributed by atoms with Crippen LogP contribution in [0.3, 0.4) is 0 Å². The SMILES string of the molecule is C=C(C[C@@H](O)C(=O)O[C@@H]1C[C@H](C)CC[C@H]1C(C)C)c1ccc(Cl)cc1. The molecule has 1 N–H and O–H groups in total. The fourth-order valence-corrected chi connectivity index (χ4v) is 3.72. The lowest BCUT2D eigenvalue weighted by atomic mass is 9.75. The Morgan fingerprint density at radius 1 is 1.32 bits per heavy atom. The number of rotatable bonds is 6. The molecule has 0 unspecified atom stereocenters. The molecule has 0 spiro atoms. The van der Waals surface area contributed by atoms with Gasteiger partial charge in [-0.15, -0.1) is 0 Å². The van der Waals surface area contributed by atoms with E-state index in [9.17, 15) is 9.90 Å². The third kappa shape index (κ3) is 5.58. The number of carbonyl (C=O) groups is 1. The Hall–Kier alpha value is -1.32. The number of benzene rings is 1. The summed E-state index contributed by atoms with van der Waals surface area (Å²) in [6.07, 6.45) is 1.99. The van der Waals surface area contributed by atoms with Crippen molar-refractivity contribution in [3.05, 3.63) is 41.4 Å². The molecule has 2 rings (SSSR count). The van der Waals surface area contributed by atoms with E-state index in [1.807, 2.05) is 12.1 Å². The Morgan fingerprint density at radius 2 is 1.96 bits per heavy atom. The maximum absolute atomic E-state index is 12.4. The van der Waals surface area contributed by atoms with Crippen LogP contribution in [0.2, 0.25) is 5.02 Å². The monoisotopic (exact) mass is 364 g/mol. The lowest BCUT2D eigenvalue weighted by molar-refractivity contribution is -0.165. The highest BCUT2D eigenvalue weighted by Gasteiger charge is 2.34. The van der Waals surface area contributed by atoms with Crippen LogP contribution in [0, 0.1) is 17.8 Å². The number of hydrogen-bond donors (Lipinski definition) is 1. The topological polar surface area (TPSA) is 46.5 Å². The molecule has 4 heteroatoms. The van der Waals surface area contributed by atoms with Crippen molar-refractivity contribution in [3.8, 4) is 0 Å². The van der Waals surface area contributed by atoms with Gasteiger partial charge in [0.05, 0.1) is 0 Å². The summed E-state index contributed by atoms with van der Waals surface area (Å²) < 4.78 is 5.70. The molecule has 0 aliphatic heterocycles. The molecule has 1 aromatic rings. The third-order valence-corrected chi connectivity index (χ3v) is 5.45. The molecule has 138 valence electrons. The summed E-state index contributed by atoms with van der Waals surface area (Å²) in [6, 6.07) is 7.20. The molecule has 0 bridgehead atoms. The fraction of sp³-hybridized carbons (Fsp3) is 0.571. The second-order valence-corrected chi connectivity index (χ2v) is 8.07. The van der Waals surface area contributed by atoms with E-state index in [2.05, 4.69) is 27.4 Å². The van der Waals surface area contributed by atoms with Gasteiger partial charge in [0.25, 0.3) is 0 Å². The van der Waals surface area contributed by atoms with E-state index in [-0.39, 0.29) is 12.5 Å². The molecule has 1 fully saturated rings. The molecule has 1 aromatic carbocycles. The molecule has 1 aliphatic carbocycles. The highest BCUT2D eigenvalue weighted by atomic mass is 35.5. The van der Waals surface area contributed by atoms with E-state index in [4.69, 9.17) is 16.3 Å². The smallest absolute Gasteiger partial charge is 0.335 e. The molecule has 0 heterocycles. The number of hydrogen-bond acceptors (Lipinski definition) is 3. The van der Waals surface area contributed by atoms with Crippen molar-refractivity contribution < 1.29 is 14.6 Å². The molecule has 3 nitrogen and oxygen atoms in total. The maximum atomic E-state index is 12.4. The van der Waals surface area contributed by atoms with Crippen molar-refractivity contribution >= 4 is 23.1 Å². The van der Waals surface area contributed by atoms with Gasteiger partial charge < -0.3 is 9.84 Å². The number of esters is 1. The van der Waals surface area contributed by atoms with Gasteiger partial charge in [0.1, 0.15) is 6.10 Å². The average molecular weight is 365 g/mol. The molecule has 0 amide bonds. The van der Waals surface area contributed by atoms with Crippen LogP contribution in [-0.4, -0.2) is 23.3 Å². The molecule has 0 saturated heterocycles. The van der Waals surface area contributed by atoms with Crippen molar-refractivity contribution in [2.75, 3.05) is 0 Å². The van der Waals surface area contributed by atoms with Gasteiger partial charge in [0.15, 0.2) is 6.10 Å². The van der Waals surface area contributed by atoms with Gasteiger partial charge in [-0.25, -0.2) is 4.79 Å². The van der Waals surface area contributed by atoms with Crippen LogP contribution in [0.25, 0.3) is 5.57 Å². The van der Waals surface area contributed by atoms with E-state index in [0.717, 1.165) is 18.4 Å². The minimum absolute atomic E-state index is 0.102. The van der Waals surface area contributed by atoms with Crippen molar-refractivity contribution in [3.63, 3.8) is 0 Å². The van der Waals surface area contributed by atoms with E-state index < -0.39 is 12.1 Å². The predicted octanol–water partition coefficient (Wildman–Crippen LogP) is 5.11. The third-order valence-electron chi connectivity index (χ3n) is 5.19. The van der Waals surface area contributed by atoms with Gasteiger partial charge in [-0.1, -0.05) is 57.5 Å². The first-order valence-corrected chi connectivity index (χ1v) is 9.48. The van der Waals surface area contributed by atoms with Crippen LogP contribution in [0.1, 0.15) is 52.0 Å². The predicted molar refractivity (Wildman–Crippen MR) is 102 cm³/mol. The van der Waals surface area contributed by atoms with Crippen LogP contribution >= 0.6 is 11.6 Å². The number of aliphatic hydroxyl groups excluding tert-OH is 1. The Balaban J connectivity index is 1.94. The molecular formula is C21H29ClO3. The van der Waals surface area contributed by atoms with Crippen LogP contribution in [0.4, 0.5) is 0 Å². The van der Waals surface area contributed by atoms with Crippen molar-refractivity contribution in [2.45, 2.75) is 58.7 Å². The summed E-state index contributed by atoms with van der Waals surface area (Å²) in [4.78, 5) is 12.4. The van der Waals surface area contributed by atoms with E-state index >= 15 is 0 Å². The highest BCUT2D eigenvalue weighted by Crippen LogP contribution is 2.35. The van der Waals surface area contributed by atoms with Crippen LogP contribution < -0.4 is 0 Å². The number of carbonyl (C=O) groups excluding carboxylic acids is 1. The number of ether oxygens (including phenoxy) is 1. The van der Waals surface area contributed by atoms with Gasteiger partial charge in [-0.3, -0.25) is 0 Å². The normalized spacial score (nSPS) is 24.8. The summed E-state index contributed by atoms with van der Waals surface area (Å²) in [7, 11) is 0. The lowest BCUT2D eigenvalue weighted by Gasteiger charge is -2.37. The van der Waals surface area contributed by atoms with Gasteiger partial charge >= 0.3 is 5.97 Å². The molecule has 1 aliphatic rings. The van der Waals surface area contributed by atoms with Crippen molar-refractivity contribution in [1.29, 1.82) is 0 Å². The van der Waals surface area contributed by atoms with Crippen LogP contribution in [-0.2, 0) is 9.53 Å². The summed E-state index contributed by atoms with van der Waals surface area (Å²) >= 11 is 5.88. The second kappa shape index (κ2) is 8.86. The Labute approximate surface area is 156 Å². The first kappa shape index (κ1) is 20.0. The first-order chi connectivity index (χ1) is 11.8. The van der Waals surface area contributed by atoms with E-state index in [1.165, 1.54) is 6.42 Å². The Kier molecular flexibility index (Phi) is 7.09. The quantitative estimate of drug-likeness (QED) is 0.713. The number of aliphatic hydroxyl groups is 1. The van der Waals surface area contributed by atoms with Crippen molar-refractivity contribution in [1.82, 2.24) is 0 Å². The molecular weight excluding hydrogens is 336 g/mol. The minimum atomic E-state index is -1.19. The molecule has 4 atom stereocenters. The zero-order valence-corrected chi connectivity index (χ0v) is 16.1.